The van der Waals surface area contributed by atoms with Crippen LogP contribution in [0.1, 0.15) is 97.1 Å². The van der Waals surface area contributed by atoms with Crippen molar-refractivity contribution < 1.29 is 0 Å². The third-order valence-corrected chi connectivity index (χ3v) is 4.64. The minimum atomic E-state index is 0.216. The monoisotopic (exact) mass is 293 g/mol. The van der Waals surface area contributed by atoms with E-state index in [0.717, 1.165) is 0 Å². The summed E-state index contributed by atoms with van der Waals surface area (Å²) in [6.45, 7) is 6.94. The van der Waals surface area contributed by atoms with E-state index < -0.39 is 0 Å². The summed E-state index contributed by atoms with van der Waals surface area (Å²) in [5.41, 5.74) is 1.41. The second-order valence-electron chi connectivity index (χ2n) is 6.81. The Morgan fingerprint density at radius 1 is 0.905 bits per heavy atom. The van der Waals surface area contributed by atoms with Crippen molar-refractivity contribution in [2.24, 2.45) is 7.05 Å². The summed E-state index contributed by atoms with van der Waals surface area (Å²) in [4.78, 5) is 0. The molecule has 21 heavy (non-hydrogen) atoms. The van der Waals surface area contributed by atoms with Crippen LogP contribution < -0.4 is 0 Å². The summed E-state index contributed by atoms with van der Waals surface area (Å²) >= 11 is 0. The molecule has 0 aliphatic heterocycles. The second-order valence-corrected chi connectivity index (χ2v) is 6.81. The molecule has 3 nitrogen and oxygen atoms in total. The molecule has 0 saturated carbocycles. The summed E-state index contributed by atoms with van der Waals surface area (Å²) in [6.07, 6.45) is 16.7. The first-order valence-electron chi connectivity index (χ1n) is 8.99. The highest BCUT2D eigenvalue weighted by Crippen LogP contribution is 2.34. The van der Waals surface area contributed by atoms with Crippen molar-refractivity contribution in [2.75, 3.05) is 0 Å². The van der Waals surface area contributed by atoms with E-state index in [1.54, 1.807) is 0 Å². The summed E-state index contributed by atoms with van der Waals surface area (Å²) in [7, 11) is 1.97. The van der Waals surface area contributed by atoms with Gasteiger partial charge in [-0.1, -0.05) is 83.8 Å². The van der Waals surface area contributed by atoms with Gasteiger partial charge in [0.25, 0.3) is 0 Å². The molecule has 1 atom stereocenters. The minimum Gasteiger partial charge on any atom is -0.255 e. The Labute approximate surface area is 131 Å². The maximum absolute atomic E-state index is 4.41. The smallest absolute Gasteiger partial charge is 0.0885 e. The van der Waals surface area contributed by atoms with Crippen LogP contribution in [0.3, 0.4) is 0 Å². The van der Waals surface area contributed by atoms with E-state index in [4.69, 9.17) is 0 Å². The van der Waals surface area contributed by atoms with E-state index >= 15 is 0 Å². The van der Waals surface area contributed by atoms with Crippen LogP contribution in [0.15, 0.2) is 6.20 Å². The third-order valence-electron chi connectivity index (χ3n) is 4.64. The van der Waals surface area contributed by atoms with E-state index in [1.807, 2.05) is 11.7 Å². The van der Waals surface area contributed by atoms with E-state index in [0.29, 0.717) is 0 Å². The molecule has 3 heteroatoms. The molecule has 0 aromatic carbocycles. The molecular weight excluding hydrogens is 258 g/mol. The molecule has 1 heterocycles. The highest BCUT2D eigenvalue weighted by Gasteiger charge is 2.28. The van der Waals surface area contributed by atoms with E-state index in [1.165, 1.54) is 76.3 Å². The predicted molar refractivity (Wildman–Crippen MR) is 90.5 cm³/mol. The Morgan fingerprint density at radius 3 is 1.90 bits per heavy atom. The topological polar surface area (TPSA) is 30.7 Å². The number of nitrogens with zero attached hydrogens (tertiary/aromatic N) is 3. The number of rotatable bonds is 12. The van der Waals surface area contributed by atoms with Crippen LogP contribution >= 0.6 is 0 Å². The molecule has 1 rings (SSSR count). The number of aromatic nitrogens is 3. The van der Waals surface area contributed by atoms with Crippen molar-refractivity contribution in [3.05, 3.63) is 11.9 Å². The Balaban J connectivity index is 2.52. The zero-order valence-electron chi connectivity index (χ0n) is 14.7. The van der Waals surface area contributed by atoms with E-state index in [9.17, 15) is 0 Å². The van der Waals surface area contributed by atoms with Gasteiger partial charge < -0.3 is 0 Å². The highest BCUT2D eigenvalue weighted by molar-refractivity contribution is 5.10. The molecule has 1 aromatic rings. The van der Waals surface area contributed by atoms with Crippen molar-refractivity contribution in [1.29, 1.82) is 0 Å². The van der Waals surface area contributed by atoms with Crippen molar-refractivity contribution in [3.63, 3.8) is 0 Å². The SMILES string of the molecule is CCCCCCCC(C)(CCCCCC)c1cn(C)nn1. The Morgan fingerprint density at radius 2 is 1.43 bits per heavy atom. The van der Waals surface area contributed by atoms with Gasteiger partial charge in [-0.05, 0) is 12.8 Å². The molecule has 0 N–H and O–H groups in total. The molecule has 1 aromatic heterocycles. The lowest BCUT2D eigenvalue weighted by molar-refractivity contribution is 0.354. The zero-order valence-corrected chi connectivity index (χ0v) is 14.7. The fourth-order valence-corrected chi connectivity index (χ4v) is 3.07. The molecule has 0 bridgehead atoms. The summed E-state index contributed by atoms with van der Waals surface area (Å²) in [5, 5.41) is 8.57. The Kier molecular flexibility index (Phi) is 8.63. The largest absolute Gasteiger partial charge is 0.255 e. The van der Waals surface area contributed by atoms with Gasteiger partial charge in [-0.2, -0.15) is 0 Å². The molecule has 1 unspecified atom stereocenters. The Bertz CT molecular complexity index is 372. The normalized spacial score (nSPS) is 14.3. The van der Waals surface area contributed by atoms with Crippen LogP contribution in [0.2, 0.25) is 0 Å². The number of unbranched alkanes of at least 4 members (excludes halogenated alkanes) is 7. The van der Waals surface area contributed by atoms with Gasteiger partial charge >= 0.3 is 0 Å². The lowest BCUT2D eigenvalue weighted by Crippen LogP contribution is -2.22. The van der Waals surface area contributed by atoms with Gasteiger partial charge in [-0.3, -0.25) is 4.68 Å². The maximum Gasteiger partial charge on any atom is 0.0885 e. The molecular formula is C18H35N3. The molecule has 0 aliphatic carbocycles. The first-order valence-corrected chi connectivity index (χ1v) is 8.99. The van der Waals surface area contributed by atoms with Crippen LogP contribution in [0.25, 0.3) is 0 Å². The molecule has 0 spiro atoms. The zero-order chi connectivity index (χ0) is 15.6. The Hall–Kier alpha value is -0.860. The van der Waals surface area contributed by atoms with Crippen molar-refractivity contribution in [1.82, 2.24) is 15.0 Å². The molecule has 0 fully saturated rings. The van der Waals surface area contributed by atoms with E-state index in [-0.39, 0.29) is 5.41 Å². The summed E-state index contributed by atoms with van der Waals surface area (Å²) in [6, 6.07) is 0. The number of hydrogen-bond acceptors (Lipinski definition) is 2. The molecule has 0 amide bonds. The molecule has 0 radical (unpaired) electrons. The van der Waals surface area contributed by atoms with Gasteiger partial charge in [0.2, 0.25) is 0 Å². The van der Waals surface area contributed by atoms with Crippen molar-refractivity contribution in [3.8, 4) is 0 Å². The molecule has 122 valence electrons. The lowest BCUT2D eigenvalue weighted by atomic mass is 9.77. The highest BCUT2D eigenvalue weighted by atomic mass is 15.4. The van der Waals surface area contributed by atoms with E-state index in [2.05, 4.69) is 37.3 Å². The number of aryl methyl sites for hydroxylation is 1. The number of hydrogen-bond donors (Lipinski definition) is 0. The van der Waals surface area contributed by atoms with Crippen molar-refractivity contribution >= 4 is 0 Å². The van der Waals surface area contributed by atoms with Gasteiger partial charge in [0.05, 0.1) is 5.69 Å². The molecule has 0 aliphatic rings. The van der Waals surface area contributed by atoms with Gasteiger partial charge in [0, 0.05) is 18.7 Å². The van der Waals surface area contributed by atoms with Gasteiger partial charge in [0.1, 0.15) is 0 Å². The summed E-state index contributed by atoms with van der Waals surface area (Å²) in [5.74, 6) is 0. The van der Waals surface area contributed by atoms with Gasteiger partial charge in [-0.15, -0.1) is 5.10 Å². The van der Waals surface area contributed by atoms with Gasteiger partial charge in [0.15, 0.2) is 0 Å². The van der Waals surface area contributed by atoms with Crippen LogP contribution in [0, 0.1) is 0 Å². The third kappa shape index (κ3) is 6.62. The quantitative estimate of drug-likeness (QED) is 0.483. The average Bonchev–Trinajstić information content (AvgIpc) is 2.91. The second kappa shape index (κ2) is 9.97. The lowest BCUT2D eigenvalue weighted by Gasteiger charge is -2.27. The maximum atomic E-state index is 4.41. The van der Waals surface area contributed by atoms with Crippen LogP contribution in [-0.4, -0.2) is 15.0 Å². The molecule has 0 saturated heterocycles. The average molecular weight is 293 g/mol. The predicted octanol–water partition coefficient (Wildman–Crippen LogP) is 5.40. The fourth-order valence-electron chi connectivity index (χ4n) is 3.07. The standard InChI is InChI=1S/C18H35N3/c1-5-7-9-11-13-15-18(3,14-12-10-8-6-2)17-16-21(4)20-19-17/h16H,5-15H2,1-4H3. The fraction of sp³-hybridized carbons (Fsp3) is 0.889. The first-order chi connectivity index (χ1) is 10.1. The van der Waals surface area contributed by atoms with Crippen molar-refractivity contribution in [2.45, 2.75) is 96.8 Å². The van der Waals surface area contributed by atoms with Gasteiger partial charge in [-0.25, -0.2) is 0 Å². The van der Waals surface area contributed by atoms with Crippen LogP contribution in [-0.2, 0) is 12.5 Å². The first kappa shape index (κ1) is 18.2. The van der Waals surface area contributed by atoms with Crippen LogP contribution in [0.4, 0.5) is 0 Å². The van der Waals surface area contributed by atoms with Crippen LogP contribution in [0.5, 0.6) is 0 Å². The minimum absolute atomic E-state index is 0.216. The summed E-state index contributed by atoms with van der Waals surface area (Å²) < 4.78 is 1.84.